The van der Waals surface area contributed by atoms with Crippen LogP contribution < -0.4 is 5.32 Å². The zero-order valence-corrected chi connectivity index (χ0v) is 10.6. The molecule has 0 radical (unpaired) electrons. The van der Waals surface area contributed by atoms with Crippen LogP contribution in [-0.2, 0) is 0 Å². The number of hydrogen-bond donors (Lipinski definition) is 1. The molecular formula is C13H26N2. The van der Waals surface area contributed by atoms with E-state index in [9.17, 15) is 0 Å². The Labute approximate surface area is 95.4 Å². The molecule has 0 rings (SSSR count). The molecule has 0 saturated carbocycles. The Hall–Kier alpha value is -0.520. The fourth-order valence-electron chi connectivity index (χ4n) is 1.71. The van der Waals surface area contributed by atoms with Gasteiger partial charge in [-0.3, -0.25) is 4.90 Å². The van der Waals surface area contributed by atoms with Crippen molar-refractivity contribution >= 4 is 0 Å². The SMILES string of the molecule is C#CCN(CCC)CC(C)CNCCC. The molecule has 0 bridgehead atoms. The van der Waals surface area contributed by atoms with E-state index in [0.29, 0.717) is 5.92 Å². The average Bonchev–Trinajstić information content (AvgIpc) is 2.19. The summed E-state index contributed by atoms with van der Waals surface area (Å²) in [6, 6.07) is 0. The lowest BCUT2D eigenvalue weighted by Gasteiger charge is -2.23. The lowest BCUT2D eigenvalue weighted by molar-refractivity contribution is 0.260. The van der Waals surface area contributed by atoms with Crippen LogP contribution in [0, 0.1) is 18.3 Å². The van der Waals surface area contributed by atoms with Gasteiger partial charge in [-0.15, -0.1) is 6.42 Å². The Morgan fingerprint density at radius 1 is 1.33 bits per heavy atom. The van der Waals surface area contributed by atoms with Crippen molar-refractivity contribution in [3.63, 3.8) is 0 Å². The maximum Gasteiger partial charge on any atom is 0.0599 e. The van der Waals surface area contributed by atoms with Crippen molar-refractivity contribution in [2.45, 2.75) is 33.6 Å². The third-order valence-electron chi connectivity index (χ3n) is 2.34. The number of hydrogen-bond acceptors (Lipinski definition) is 2. The van der Waals surface area contributed by atoms with Crippen LogP contribution in [0.25, 0.3) is 0 Å². The molecule has 0 fully saturated rings. The van der Waals surface area contributed by atoms with Crippen molar-refractivity contribution in [2.75, 3.05) is 32.7 Å². The predicted molar refractivity (Wildman–Crippen MR) is 67.9 cm³/mol. The summed E-state index contributed by atoms with van der Waals surface area (Å²) >= 11 is 0. The Kier molecular flexibility index (Phi) is 9.67. The smallest absolute Gasteiger partial charge is 0.0599 e. The zero-order chi connectivity index (χ0) is 11.5. The zero-order valence-electron chi connectivity index (χ0n) is 10.6. The van der Waals surface area contributed by atoms with Crippen LogP contribution in [0.5, 0.6) is 0 Å². The summed E-state index contributed by atoms with van der Waals surface area (Å²) in [5.74, 6) is 3.41. The molecule has 0 spiro atoms. The molecule has 2 nitrogen and oxygen atoms in total. The van der Waals surface area contributed by atoms with Gasteiger partial charge >= 0.3 is 0 Å². The Balaban J connectivity index is 3.68. The molecule has 0 aromatic carbocycles. The number of terminal acetylenes is 1. The average molecular weight is 210 g/mol. The summed E-state index contributed by atoms with van der Waals surface area (Å²) < 4.78 is 0. The first-order chi connectivity index (χ1) is 7.24. The molecule has 0 aliphatic rings. The molecule has 15 heavy (non-hydrogen) atoms. The van der Waals surface area contributed by atoms with Crippen LogP contribution in [-0.4, -0.2) is 37.6 Å². The highest BCUT2D eigenvalue weighted by atomic mass is 15.1. The van der Waals surface area contributed by atoms with Gasteiger partial charge in [-0.25, -0.2) is 0 Å². The fourth-order valence-corrected chi connectivity index (χ4v) is 1.71. The summed E-state index contributed by atoms with van der Waals surface area (Å²) in [6.45, 7) is 11.9. The van der Waals surface area contributed by atoms with E-state index in [1.54, 1.807) is 0 Å². The van der Waals surface area contributed by atoms with Crippen molar-refractivity contribution in [1.82, 2.24) is 10.2 Å². The van der Waals surface area contributed by atoms with E-state index in [0.717, 1.165) is 32.7 Å². The molecule has 0 aliphatic carbocycles. The van der Waals surface area contributed by atoms with Crippen LogP contribution in [0.15, 0.2) is 0 Å². The van der Waals surface area contributed by atoms with E-state index < -0.39 is 0 Å². The van der Waals surface area contributed by atoms with Gasteiger partial charge in [0, 0.05) is 6.54 Å². The topological polar surface area (TPSA) is 15.3 Å². The molecule has 0 saturated heterocycles. The van der Waals surface area contributed by atoms with Gasteiger partial charge in [0.15, 0.2) is 0 Å². The summed E-state index contributed by atoms with van der Waals surface area (Å²) in [4.78, 5) is 2.36. The first-order valence-electron chi connectivity index (χ1n) is 6.11. The van der Waals surface area contributed by atoms with Crippen LogP contribution in [0.2, 0.25) is 0 Å². The number of nitrogens with one attached hydrogen (secondary N) is 1. The normalized spacial score (nSPS) is 12.7. The van der Waals surface area contributed by atoms with Crippen LogP contribution in [0.3, 0.4) is 0 Å². The first-order valence-corrected chi connectivity index (χ1v) is 6.11. The van der Waals surface area contributed by atoms with E-state index in [2.05, 4.69) is 36.9 Å². The van der Waals surface area contributed by atoms with Gasteiger partial charge in [0.05, 0.1) is 6.54 Å². The fraction of sp³-hybridized carbons (Fsp3) is 0.846. The highest BCUT2D eigenvalue weighted by molar-refractivity contribution is 4.88. The summed E-state index contributed by atoms with van der Waals surface area (Å²) in [7, 11) is 0. The van der Waals surface area contributed by atoms with Gasteiger partial charge in [-0.2, -0.15) is 0 Å². The third kappa shape index (κ3) is 8.47. The maximum absolute atomic E-state index is 5.35. The summed E-state index contributed by atoms with van der Waals surface area (Å²) in [6.07, 6.45) is 7.73. The molecule has 0 aromatic heterocycles. The number of nitrogens with zero attached hydrogens (tertiary/aromatic N) is 1. The minimum atomic E-state index is 0.677. The lowest BCUT2D eigenvalue weighted by Crippen LogP contribution is -2.34. The van der Waals surface area contributed by atoms with E-state index in [4.69, 9.17) is 6.42 Å². The third-order valence-corrected chi connectivity index (χ3v) is 2.34. The maximum atomic E-state index is 5.35. The van der Waals surface area contributed by atoms with Gasteiger partial charge in [0.1, 0.15) is 0 Å². The minimum Gasteiger partial charge on any atom is -0.316 e. The van der Waals surface area contributed by atoms with Gasteiger partial charge in [-0.05, 0) is 38.4 Å². The molecule has 1 N–H and O–H groups in total. The minimum absolute atomic E-state index is 0.677. The Morgan fingerprint density at radius 2 is 2.07 bits per heavy atom. The van der Waals surface area contributed by atoms with Gasteiger partial charge < -0.3 is 5.32 Å². The predicted octanol–water partition coefficient (Wildman–Crippen LogP) is 1.97. The standard InChI is InChI=1S/C13H26N2/c1-5-8-14-11-13(4)12-15(9-6-2)10-7-3/h2,13-14H,5,7-12H2,1,3-4H3. The quantitative estimate of drug-likeness (QED) is 0.462. The largest absolute Gasteiger partial charge is 0.316 e. The molecule has 0 aromatic rings. The summed E-state index contributed by atoms with van der Waals surface area (Å²) in [5.41, 5.74) is 0. The second-order valence-electron chi connectivity index (χ2n) is 4.25. The highest BCUT2D eigenvalue weighted by Gasteiger charge is 2.07. The van der Waals surface area contributed by atoms with E-state index in [1.165, 1.54) is 12.8 Å². The summed E-state index contributed by atoms with van der Waals surface area (Å²) in [5, 5.41) is 3.45. The van der Waals surface area contributed by atoms with Crippen molar-refractivity contribution < 1.29 is 0 Å². The molecule has 0 heterocycles. The van der Waals surface area contributed by atoms with Crippen molar-refractivity contribution in [2.24, 2.45) is 5.92 Å². The highest BCUT2D eigenvalue weighted by Crippen LogP contribution is 1.99. The molecule has 0 aliphatic heterocycles. The Bertz CT molecular complexity index is 172. The van der Waals surface area contributed by atoms with Crippen LogP contribution >= 0.6 is 0 Å². The van der Waals surface area contributed by atoms with Crippen molar-refractivity contribution in [3.05, 3.63) is 0 Å². The molecule has 2 heteroatoms. The van der Waals surface area contributed by atoms with Crippen molar-refractivity contribution in [1.29, 1.82) is 0 Å². The molecule has 0 amide bonds. The lowest BCUT2D eigenvalue weighted by atomic mass is 10.1. The molecule has 88 valence electrons. The van der Waals surface area contributed by atoms with Gasteiger partial charge in [0.2, 0.25) is 0 Å². The molecule has 1 atom stereocenters. The Morgan fingerprint density at radius 3 is 2.60 bits per heavy atom. The second-order valence-corrected chi connectivity index (χ2v) is 4.25. The van der Waals surface area contributed by atoms with Gasteiger partial charge in [-0.1, -0.05) is 26.7 Å². The second kappa shape index (κ2) is 10.0. The number of rotatable bonds is 9. The van der Waals surface area contributed by atoms with Crippen LogP contribution in [0.4, 0.5) is 0 Å². The van der Waals surface area contributed by atoms with Gasteiger partial charge in [0.25, 0.3) is 0 Å². The monoisotopic (exact) mass is 210 g/mol. The van der Waals surface area contributed by atoms with E-state index >= 15 is 0 Å². The first kappa shape index (κ1) is 14.5. The molecule has 1 unspecified atom stereocenters. The van der Waals surface area contributed by atoms with E-state index in [-0.39, 0.29) is 0 Å². The van der Waals surface area contributed by atoms with E-state index in [1.807, 2.05) is 0 Å². The van der Waals surface area contributed by atoms with Crippen LogP contribution in [0.1, 0.15) is 33.6 Å². The van der Waals surface area contributed by atoms with Crippen molar-refractivity contribution in [3.8, 4) is 12.3 Å². The molecular weight excluding hydrogens is 184 g/mol.